The van der Waals surface area contributed by atoms with Crippen LogP contribution in [0.2, 0.25) is 0 Å². The maximum Gasteiger partial charge on any atom is 0.172 e. The van der Waals surface area contributed by atoms with Gasteiger partial charge in [0.25, 0.3) is 0 Å². The Morgan fingerprint density at radius 3 is 2.38 bits per heavy atom. The van der Waals surface area contributed by atoms with Crippen LogP contribution in [0, 0.1) is 11.8 Å². The normalized spacial score (nSPS) is 52.4. The van der Waals surface area contributed by atoms with E-state index in [0.29, 0.717) is 25.7 Å². The van der Waals surface area contributed by atoms with E-state index in [4.69, 9.17) is 48.4 Å². The average Bonchev–Trinajstić information content (AvgIpc) is 3.79. The van der Waals surface area contributed by atoms with Crippen LogP contribution in [0.25, 0.3) is 0 Å². The minimum absolute atomic E-state index is 0.0158. The minimum atomic E-state index is -0.780. The van der Waals surface area contributed by atoms with Crippen molar-refractivity contribution in [1.29, 1.82) is 0 Å². The van der Waals surface area contributed by atoms with E-state index < -0.39 is 18.0 Å². The first-order valence-electron chi connectivity index (χ1n) is 20.2. The summed E-state index contributed by atoms with van der Waals surface area (Å²) in [6, 6.07) is 0. The fourth-order valence-corrected chi connectivity index (χ4v) is 11.3. The molecule has 12 bridgehead atoms. The van der Waals surface area contributed by atoms with Crippen LogP contribution in [0.4, 0.5) is 0 Å². The van der Waals surface area contributed by atoms with E-state index in [2.05, 4.69) is 20.1 Å². The summed E-state index contributed by atoms with van der Waals surface area (Å²) in [6.45, 7) is 11.3. The third kappa shape index (κ3) is 6.59. The molecule has 10 aliphatic rings. The van der Waals surface area contributed by atoms with Crippen LogP contribution in [0.15, 0.2) is 24.3 Å². The number of rotatable bonds is 4. The second-order valence-electron chi connectivity index (χ2n) is 17.4. The summed E-state index contributed by atoms with van der Waals surface area (Å²) in [4.78, 5) is 14.1. The summed E-state index contributed by atoms with van der Waals surface area (Å²) < 4.78 is 60.0. The molecule has 7 unspecified atom stereocenters. The summed E-state index contributed by atoms with van der Waals surface area (Å²) in [7, 11) is 1.66. The van der Waals surface area contributed by atoms with Gasteiger partial charge in [-0.3, -0.25) is 4.79 Å². The summed E-state index contributed by atoms with van der Waals surface area (Å²) >= 11 is 0. The van der Waals surface area contributed by atoms with Crippen molar-refractivity contribution in [3.63, 3.8) is 0 Å². The highest BCUT2D eigenvalue weighted by molar-refractivity contribution is 5.79. The van der Waals surface area contributed by atoms with Crippen molar-refractivity contribution in [3.8, 4) is 0 Å². The van der Waals surface area contributed by atoms with E-state index in [0.717, 1.165) is 56.1 Å². The Kier molecular flexibility index (Phi) is 10.0. The van der Waals surface area contributed by atoms with E-state index in [-0.39, 0.29) is 122 Å². The third-order valence-electron chi connectivity index (χ3n) is 14.0. The Bertz CT molecular complexity index is 1380. The van der Waals surface area contributed by atoms with Crippen molar-refractivity contribution in [2.24, 2.45) is 17.6 Å². The zero-order valence-electron chi connectivity index (χ0n) is 30.8. The van der Waals surface area contributed by atoms with Gasteiger partial charge in [0.1, 0.15) is 36.3 Å². The molecule has 0 aromatic carbocycles. The van der Waals surface area contributed by atoms with Crippen LogP contribution in [0.1, 0.15) is 90.4 Å². The Labute approximate surface area is 307 Å². The number of hydrogen-bond donors (Lipinski definition) is 2. The van der Waals surface area contributed by atoms with Crippen molar-refractivity contribution < 1.29 is 52.5 Å². The third-order valence-corrected chi connectivity index (χ3v) is 14.0. The van der Waals surface area contributed by atoms with E-state index in [1.165, 1.54) is 0 Å². The number of fused-ring (bicyclic) bond motifs is 6. The number of carbonyl (C=O) groups excluding carboxylic acids is 1. The smallest absolute Gasteiger partial charge is 0.172 e. The molecule has 0 aromatic heterocycles. The predicted molar refractivity (Wildman–Crippen MR) is 186 cm³/mol. The van der Waals surface area contributed by atoms with Crippen LogP contribution >= 0.6 is 0 Å². The molecule has 19 atom stereocenters. The number of aliphatic hydroxyl groups is 1. The quantitative estimate of drug-likeness (QED) is 0.409. The number of aliphatic hydroxyl groups excluding tert-OH is 1. The maximum atomic E-state index is 14.1. The fourth-order valence-electron chi connectivity index (χ4n) is 11.3. The molecule has 10 rings (SSSR count). The van der Waals surface area contributed by atoms with Crippen molar-refractivity contribution in [2.75, 3.05) is 13.7 Å². The lowest BCUT2D eigenvalue weighted by molar-refractivity contribution is -0.292. The van der Waals surface area contributed by atoms with Crippen LogP contribution < -0.4 is 5.73 Å². The van der Waals surface area contributed by atoms with Gasteiger partial charge in [0.05, 0.1) is 67.1 Å². The second-order valence-corrected chi connectivity index (χ2v) is 17.4. The fraction of sp³-hybridized carbons (Fsp3) is 0.875. The SMILES string of the molecule is C=C1C[C@@H]2CC[C@@]34C[C@H]5OC6C(O3)C3OC(CCC3OC6[C@H]5O4)CC(=O)C[C@H]3C(C[C@H]4O[C@@H](CC[C@@H]1O2)C[C@@H](C)C4=C)O[C@H](C[C@H](O)CN)[C@@H]3OC. The lowest BCUT2D eigenvalue weighted by Gasteiger charge is -2.47. The first-order chi connectivity index (χ1) is 25.1. The van der Waals surface area contributed by atoms with Crippen LogP contribution in [0.3, 0.4) is 0 Å². The first kappa shape index (κ1) is 36.4. The zero-order valence-corrected chi connectivity index (χ0v) is 30.8. The van der Waals surface area contributed by atoms with Gasteiger partial charge in [-0.1, -0.05) is 20.1 Å². The van der Waals surface area contributed by atoms with Gasteiger partial charge < -0.3 is 53.5 Å². The molecular formula is C40H59NO11. The number of hydrogen-bond acceptors (Lipinski definition) is 12. The molecule has 52 heavy (non-hydrogen) atoms. The maximum absolute atomic E-state index is 14.1. The summed E-state index contributed by atoms with van der Waals surface area (Å²) in [6.07, 6.45) is 4.85. The van der Waals surface area contributed by atoms with Crippen molar-refractivity contribution in [3.05, 3.63) is 24.3 Å². The number of Topliss-reactive ketones (excluding diaryl/α,β-unsaturated/α-hetero) is 1. The Morgan fingerprint density at radius 2 is 1.56 bits per heavy atom. The van der Waals surface area contributed by atoms with Crippen LogP contribution in [-0.4, -0.2) is 128 Å². The van der Waals surface area contributed by atoms with Gasteiger partial charge in [0.2, 0.25) is 0 Å². The molecule has 0 amide bonds. The van der Waals surface area contributed by atoms with E-state index in [1.807, 2.05) is 0 Å². The number of nitrogens with two attached hydrogens (primary N) is 1. The molecule has 0 aromatic rings. The lowest BCUT2D eigenvalue weighted by Crippen LogP contribution is -2.61. The van der Waals surface area contributed by atoms with E-state index >= 15 is 0 Å². The Hall–Kier alpha value is -1.29. The molecular weight excluding hydrogens is 670 g/mol. The minimum Gasteiger partial charge on any atom is -0.392 e. The lowest BCUT2D eigenvalue weighted by atomic mass is 9.81. The molecule has 290 valence electrons. The van der Waals surface area contributed by atoms with Crippen molar-refractivity contribution in [1.82, 2.24) is 0 Å². The molecule has 0 aliphatic carbocycles. The summed E-state index contributed by atoms with van der Waals surface area (Å²) in [5.74, 6) is -0.619. The zero-order chi connectivity index (χ0) is 35.9. The van der Waals surface area contributed by atoms with Crippen molar-refractivity contribution in [2.45, 2.75) is 194 Å². The largest absolute Gasteiger partial charge is 0.392 e. The number of carbonyl (C=O) groups is 1. The molecule has 1 spiro atoms. The second kappa shape index (κ2) is 14.3. The summed E-state index contributed by atoms with van der Waals surface area (Å²) in [5.41, 5.74) is 8.01. The Balaban J connectivity index is 0.994. The average molecular weight is 730 g/mol. The highest BCUT2D eigenvalue weighted by Crippen LogP contribution is 2.54. The molecule has 10 aliphatic heterocycles. The molecule has 10 heterocycles. The van der Waals surface area contributed by atoms with Gasteiger partial charge in [0, 0.05) is 58.1 Å². The molecule has 10 fully saturated rings. The van der Waals surface area contributed by atoms with Gasteiger partial charge in [-0.2, -0.15) is 0 Å². The van der Waals surface area contributed by atoms with Crippen LogP contribution in [0.5, 0.6) is 0 Å². The number of ketones is 1. The van der Waals surface area contributed by atoms with Crippen molar-refractivity contribution >= 4 is 5.78 Å². The van der Waals surface area contributed by atoms with Gasteiger partial charge in [-0.15, -0.1) is 0 Å². The Morgan fingerprint density at radius 1 is 0.808 bits per heavy atom. The monoisotopic (exact) mass is 729 g/mol. The molecule has 12 heteroatoms. The van der Waals surface area contributed by atoms with E-state index in [9.17, 15) is 9.90 Å². The number of methoxy groups -OCH3 is 1. The highest BCUT2D eigenvalue weighted by Gasteiger charge is 2.68. The van der Waals surface area contributed by atoms with Gasteiger partial charge >= 0.3 is 0 Å². The highest BCUT2D eigenvalue weighted by atomic mass is 16.8. The molecule has 3 N–H and O–H groups in total. The molecule has 0 saturated carbocycles. The summed E-state index contributed by atoms with van der Waals surface area (Å²) in [5, 5.41) is 10.5. The van der Waals surface area contributed by atoms with E-state index in [1.54, 1.807) is 7.11 Å². The topological polar surface area (TPSA) is 146 Å². The molecule has 0 radical (unpaired) electrons. The van der Waals surface area contributed by atoms with Crippen LogP contribution in [-0.2, 0) is 47.4 Å². The van der Waals surface area contributed by atoms with Gasteiger partial charge in [0.15, 0.2) is 5.79 Å². The standard InChI is InChI=1S/C40H59NO11/c1-19-11-24-5-7-28-20(2)12-26(45-28)9-10-40-17-33-36(51-40)37-38(50-33)39(52-40)35-29(49-37)8-6-25(47-35)13-22(42)14-27-31(16-30(46-24)21(19)3)48-32(34(27)44-4)15-23(43)18-41/h19,23-39,43H,2-3,5-18,41H2,1,4H3/t19-,23+,24+,25?,26+,27+,28+,29?,30-,31?,32-,33-,34-,35?,36+,37?,38?,39?,40+/m1/s1. The number of ether oxygens (including phenoxy) is 9. The first-order valence-corrected chi connectivity index (χ1v) is 20.2. The molecule has 12 nitrogen and oxygen atoms in total. The molecule has 10 saturated heterocycles. The van der Waals surface area contributed by atoms with Gasteiger partial charge in [-0.25, -0.2) is 0 Å². The predicted octanol–water partition coefficient (Wildman–Crippen LogP) is 3.44. The van der Waals surface area contributed by atoms with Gasteiger partial charge in [-0.05, 0) is 62.0 Å².